The topological polar surface area (TPSA) is 37.4 Å². The van der Waals surface area contributed by atoms with Gasteiger partial charge in [-0.3, -0.25) is 0 Å². The fourth-order valence-corrected chi connectivity index (χ4v) is 4.93. The lowest BCUT2D eigenvalue weighted by Gasteiger charge is -2.21. The van der Waals surface area contributed by atoms with E-state index in [1.165, 1.54) is 0 Å². The van der Waals surface area contributed by atoms with Gasteiger partial charge in [-0.15, -0.1) is 0 Å². The van der Waals surface area contributed by atoms with Gasteiger partial charge in [0.1, 0.15) is 0 Å². The van der Waals surface area contributed by atoms with Gasteiger partial charge in [0.15, 0.2) is 0 Å². The molecule has 0 saturated heterocycles. The molecule has 0 radical (unpaired) electrons. The highest BCUT2D eigenvalue weighted by Gasteiger charge is 2.23. The zero-order valence-electron chi connectivity index (χ0n) is 18.8. The molecule has 3 aromatic carbocycles. The molecule has 0 atom stereocenters. The Bertz CT molecular complexity index is 1130. The first kappa shape index (κ1) is 23.7. The van der Waals surface area contributed by atoms with Gasteiger partial charge in [0.05, 0.1) is 4.90 Å². The average molecular weight is 446 g/mol. The van der Waals surface area contributed by atoms with Gasteiger partial charge in [0.2, 0.25) is 10.0 Å². The van der Waals surface area contributed by atoms with Crippen LogP contribution in [0.1, 0.15) is 36.5 Å². The minimum atomic E-state index is -3.56. The normalized spacial score (nSPS) is 12.5. The molecule has 0 N–H and O–H groups in total. The Labute approximate surface area is 192 Å². The zero-order valence-corrected chi connectivity index (χ0v) is 19.6. The molecule has 0 spiro atoms. The van der Waals surface area contributed by atoms with Gasteiger partial charge < -0.3 is 0 Å². The fourth-order valence-electron chi connectivity index (χ4n) is 3.46. The summed E-state index contributed by atoms with van der Waals surface area (Å²) in [4.78, 5) is 0.346. The molecular formula is C28H31NO2S. The zero-order chi connectivity index (χ0) is 22.8. The van der Waals surface area contributed by atoms with Crippen molar-refractivity contribution in [1.82, 2.24) is 4.31 Å². The van der Waals surface area contributed by atoms with Crippen LogP contribution in [0.2, 0.25) is 0 Å². The van der Waals surface area contributed by atoms with Crippen molar-refractivity contribution in [2.75, 3.05) is 13.1 Å². The molecule has 32 heavy (non-hydrogen) atoms. The first-order valence-corrected chi connectivity index (χ1v) is 12.4. The average Bonchev–Trinajstić information content (AvgIpc) is 2.82. The molecule has 0 heterocycles. The maximum Gasteiger partial charge on any atom is 0.243 e. The van der Waals surface area contributed by atoms with Crippen molar-refractivity contribution in [2.24, 2.45) is 0 Å². The van der Waals surface area contributed by atoms with Crippen LogP contribution in [-0.2, 0) is 10.0 Å². The van der Waals surface area contributed by atoms with Crippen LogP contribution >= 0.6 is 0 Å². The van der Waals surface area contributed by atoms with Crippen molar-refractivity contribution in [1.29, 1.82) is 0 Å². The van der Waals surface area contributed by atoms with Crippen LogP contribution in [-0.4, -0.2) is 25.8 Å². The Morgan fingerprint density at radius 2 is 1.41 bits per heavy atom. The Morgan fingerprint density at radius 3 is 2.06 bits per heavy atom. The van der Waals surface area contributed by atoms with E-state index < -0.39 is 10.0 Å². The first-order chi connectivity index (χ1) is 15.5. The highest BCUT2D eigenvalue weighted by Crippen LogP contribution is 2.19. The molecule has 0 aliphatic carbocycles. The number of allylic oxidation sites excluding steroid dienone is 1. The molecule has 0 fully saturated rings. The number of benzene rings is 3. The number of sulfonamides is 1. The Balaban J connectivity index is 1.72. The summed E-state index contributed by atoms with van der Waals surface area (Å²) in [6.07, 6.45) is 7.51. The smallest absolute Gasteiger partial charge is 0.207 e. The van der Waals surface area contributed by atoms with Crippen molar-refractivity contribution in [3.05, 3.63) is 114 Å². The van der Waals surface area contributed by atoms with Crippen molar-refractivity contribution < 1.29 is 8.42 Å². The summed E-state index contributed by atoms with van der Waals surface area (Å²) in [5.74, 6) is 0. The van der Waals surface area contributed by atoms with E-state index in [1.807, 2.05) is 79.7 Å². The molecule has 0 unspecified atom stereocenters. The molecule has 0 bridgehead atoms. The van der Waals surface area contributed by atoms with Gasteiger partial charge in [0.25, 0.3) is 0 Å². The van der Waals surface area contributed by atoms with Gasteiger partial charge in [-0.25, -0.2) is 8.42 Å². The number of hydrogen-bond acceptors (Lipinski definition) is 2. The molecule has 3 nitrogen and oxygen atoms in total. The van der Waals surface area contributed by atoms with Crippen LogP contribution in [0, 0.1) is 6.92 Å². The van der Waals surface area contributed by atoms with Crippen molar-refractivity contribution in [2.45, 2.75) is 31.6 Å². The molecule has 0 aliphatic rings. The van der Waals surface area contributed by atoms with Crippen LogP contribution in [0.15, 0.2) is 102 Å². The third kappa shape index (κ3) is 6.78. The Kier molecular flexibility index (Phi) is 8.60. The lowest BCUT2D eigenvalue weighted by molar-refractivity contribution is 0.422. The monoisotopic (exact) mass is 445 g/mol. The van der Waals surface area contributed by atoms with Gasteiger partial charge in [-0.2, -0.15) is 4.31 Å². The summed E-state index contributed by atoms with van der Waals surface area (Å²) < 4.78 is 28.3. The predicted molar refractivity (Wildman–Crippen MR) is 135 cm³/mol. The molecule has 166 valence electrons. The van der Waals surface area contributed by atoms with Crippen LogP contribution in [0.25, 0.3) is 11.6 Å². The minimum absolute atomic E-state index is 0.346. The number of aryl methyl sites for hydroxylation is 1. The Hall–Kier alpha value is -2.95. The second-order valence-corrected chi connectivity index (χ2v) is 9.80. The summed E-state index contributed by atoms with van der Waals surface area (Å²) in [5.41, 5.74) is 4.47. The third-order valence-electron chi connectivity index (χ3n) is 5.37. The van der Waals surface area contributed by atoms with E-state index in [9.17, 15) is 8.42 Å². The first-order valence-electron chi connectivity index (χ1n) is 11.0. The lowest BCUT2D eigenvalue weighted by atomic mass is 10.1. The minimum Gasteiger partial charge on any atom is -0.207 e. The summed E-state index contributed by atoms with van der Waals surface area (Å²) in [6, 6.07) is 27.3. The summed E-state index contributed by atoms with van der Waals surface area (Å²) >= 11 is 0. The van der Waals surface area contributed by atoms with Crippen molar-refractivity contribution in [3.8, 4) is 0 Å². The molecular weight excluding hydrogens is 414 g/mol. The van der Waals surface area contributed by atoms with Crippen LogP contribution in [0.5, 0.6) is 0 Å². The van der Waals surface area contributed by atoms with E-state index in [0.717, 1.165) is 22.3 Å². The van der Waals surface area contributed by atoms with Crippen molar-refractivity contribution >= 4 is 21.7 Å². The standard InChI is InChI=1S/C28H31NO2S/c1-24-18-20-28(21-19-24)32(30,31)29(22-10-9-15-26-13-5-3-6-14-26)23-11-12-25(2)27-16-7-4-8-17-27/h3-9,12-21H,10-11,22-23H2,1-2H3/b15-9+,25-12+. The highest BCUT2D eigenvalue weighted by atomic mass is 32.2. The maximum absolute atomic E-state index is 13.3. The van der Waals surface area contributed by atoms with Crippen LogP contribution in [0.3, 0.4) is 0 Å². The van der Waals surface area contributed by atoms with Gasteiger partial charge in [0, 0.05) is 13.1 Å². The molecule has 0 saturated carbocycles. The molecule has 4 heteroatoms. The SMILES string of the molecule is C/C(=C\CCN(CC/C=C/c1ccccc1)S(=O)(=O)c1ccc(C)cc1)c1ccccc1. The van der Waals surface area contributed by atoms with E-state index in [0.29, 0.717) is 30.8 Å². The van der Waals surface area contributed by atoms with E-state index in [2.05, 4.69) is 25.1 Å². The molecule has 0 aliphatic heterocycles. The van der Waals surface area contributed by atoms with Crippen LogP contribution < -0.4 is 0 Å². The predicted octanol–water partition coefficient (Wildman–Crippen LogP) is 6.58. The van der Waals surface area contributed by atoms with E-state index in [4.69, 9.17) is 0 Å². The van der Waals surface area contributed by atoms with E-state index in [-0.39, 0.29) is 0 Å². The molecule has 0 aromatic heterocycles. The Morgan fingerprint density at radius 1 is 0.812 bits per heavy atom. The summed E-state index contributed by atoms with van der Waals surface area (Å²) in [7, 11) is -3.56. The molecule has 0 amide bonds. The summed E-state index contributed by atoms with van der Waals surface area (Å²) in [6.45, 7) is 4.91. The quantitative estimate of drug-likeness (QED) is 0.353. The lowest BCUT2D eigenvalue weighted by Crippen LogP contribution is -2.32. The molecule has 3 rings (SSSR count). The highest BCUT2D eigenvalue weighted by molar-refractivity contribution is 7.89. The summed E-state index contributed by atoms with van der Waals surface area (Å²) in [5, 5.41) is 0. The number of rotatable bonds is 10. The van der Waals surface area contributed by atoms with Gasteiger partial charge in [-0.05, 0) is 55.5 Å². The molecule has 3 aromatic rings. The largest absolute Gasteiger partial charge is 0.243 e. The van der Waals surface area contributed by atoms with E-state index >= 15 is 0 Å². The van der Waals surface area contributed by atoms with Gasteiger partial charge in [-0.1, -0.05) is 96.6 Å². The second kappa shape index (κ2) is 11.6. The van der Waals surface area contributed by atoms with Crippen molar-refractivity contribution in [3.63, 3.8) is 0 Å². The van der Waals surface area contributed by atoms with E-state index in [1.54, 1.807) is 16.4 Å². The maximum atomic E-state index is 13.3. The van der Waals surface area contributed by atoms with Crippen LogP contribution in [0.4, 0.5) is 0 Å². The second-order valence-electron chi connectivity index (χ2n) is 7.86. The number of hydrogen-bond donors (Lipinski definition) is 0. The fraction of sp³-hybridized carbons (Fsp3) is 0.214. The number of nitrogens with zero attached hydrogens (tertiary/aromatic N) is 1. The third-order valence-corrected chi connectivity index (χ3v) is 7.28. The van der Waals surface area contributed by atoms with Gasteiger partial charge >= 0.3 is 0 Å².